The minimum Gasteiger partial charge on any atom is -0.486 e. The summed E-state index contributed by atoms with van der Waals surface area (Å²) in [5.41, 5.74) is -0.289. The molecule has 0 heterocycles. The standard InChI is InChI=1S/C13H18O3/c1-13(2,3)16-10-11(14)9-15-12-7-5-4-6-8-12/h4-8H,9-10H2,1-3H3. The summed E-state index contributed by atoms with van der Waals surface area (Å²) in [7, 11) is 0. The molecule has 0 saturated carbocycles. The van der Waals surface area contributed by atoms with Gasteiger partial charge in [0.2, 0.25) is 0 Å². The molecule has 0 unspecified atom stereocenters. The number of hydrogen-bond donors (Lipinski definition) is 0. The molecule has 0 bridgehead atoms. The average molecular weight is 222 g/mol. The molecular weight excluding hydrogens is 204 g/mol. The predicted octanol–water partition coefficient (Wildman–Crippen LogP) is 2.45. The van der Waals surface area contributed by atoms with Gasteiger partial charge in [-0.05, 0) is 32.9 Å². The first kappa shape index (κ1) is 12.7. The van der Waals surface area contributed by atoms with Crippen LogP contribution in [0.25, 0.3) is 0 Å². The lowest BCUT2D eigenvalue weighted by Crippen LogP contribution is -2.26. The molecular formula is C13H18O3. The van der Waals surface area contributed by atoms with Gasteiger partial charge in [-0.1, -0.05) is 18.2 Å². The maximum Gasteiger partial charge on any atom is 0.195 e. The molecule has 0 spiro atoms. The highest BCUT2D eigenvalue weighted by Gasteiger charge is 2.13. The van der Waals surface area contributed by atoms with E-state index in [1.807, 2.05) is 51.1 Å². The largest absolute Gasteiger partial charge is 0.486 e. The number of ether oxygens (including phenoxy) is 2. The molecule has 0 aliphatic rings. The van der Waals surface area contributed by atoms with Gasteiger partial charge in [0.25, 0.3) is 0 Å². The molecule has 16 heavy (non-hydrogen) atoms. The predicted molar refractivity (Wildman–Crippen MR) is 62.6 cm³/mol. The molecule has 0 atom stereocenters. The molecule has 88 valence electrons. The molecule has 0 aromatic heterocycles. The van der Waals surface area contributed by atoms with Gasteiger partial charge >= 0.3 is 0 Å². The fourth-order valence-electron chi connectivity index (χ4n) is 1.02. The van der Waals surface area contributed by atoms with Gasteiger partial charge in [-0.25, -0.2) is 0 Å². The second-order valence-corrected chi connectivity index (χ2v) is 4.54. The molecule has 0 N–H and O–H groups in total. The SMILES string of the molecule is CC(C)(C)OCC(=O)COc1ccccc1. The maximum atomic E-state index is 11.4. The minimum atomic E-state index is -0.289. The van der Waals surface area contributed by atoms with Crippen molar-refractivity contribution >= 4 is 5.78 Å². The molecule has 3 heteroatoms. The molecule has 0 amide bonds. The molecule has 0 radical (unpaired) electrons. The zero-order valence-corrected chi connectivity index (χ0v) is 10.0. The Labute approximate surface area is 96.4 Å². The van der Waals surface area contributed by atoms with Crippen LogP contribution in [0, 0.1) is 0 Å². The Kier molecular flexibility index (Phi) is 4.50. The summed E-state index contributed by atoms with van der Waals surface area (Å²) in [6.07, 6.45) is 0. The monoisotopic (exact) mass is 222 g/mol. The topological polar surface area (TPSA) is 35.5 Å². The average Bonchev–Trinajstić information content (AvgIpc) is 2.24. The van der Waals surface area contributed by atoms with Crippen molar-refractivity contribution in [1.29, 1.82) is 0 Å². The van der Waals surface area contributed by atoms with Gasteiger partial charge in [-0.3, -0.25) is 4.79 Å². The van der Waals surface area contributed by atoms with E-state index in [-0.39, 0.29) is 24.6 Å². The van der Waals surface area contributed by atoms with Crippen molar-refractivity contribution in [2.75, 3.05) is 13.2 Å². The fourth-order valence-corrected chi connectivity index (χ4v) is 1.02. The quantitative estimate of drug-likeness (QED) is 0.767. The molecule has 1 rings (SSSR count). The first-order valence-electron chi connectivity index (χ1n) is 5.31. The highest BCUT2D eigenvalue weighted by Crippen LogP contribution is 2.09. The Bertz CT molecular complexity index is 325. The van der Waals surface area contributed by atoms with Crippen LogP contribution in [0.4, 0.5) is 0 Å². The molecule has 3 nitrogen and oxygen atoms in total. The van der Waals surface area contributed by atoms with Gasteiger partial charge in [0.1, 0.15) is 19.0 Å². The van der Waals surface area contributed by atoms with Crippen molar-refractivity contribution in [2.24, 2.45) is 0 Å². The van der Waals surface area contributed by atoms with E-state index in [1.165, 1.54) is 0 Å². The van der Waals surface area contributed by atoms with Gasteiger partial charge in [0, 0.05) is 0 Å². The number of rotatable bonds is 5. The van der Waals surface area contributed by atoms with E-state index >= 15 is 0 Å². The number of Topliss-reactive ketones (excluding diaryl/α,β-unsaturated/α-hetero) is 1. The van der Waals surface area contributed by atoms with Crippen LogP contribution in [-0.4, -0.2) is 24.6 Å². The Morgan fingerprint density at radius 1 is 1.12 bits per heavy atom. The van der Waals surface area contributed by atoms with Gasteiger partial charge < -0.3 is 9.47 Å². The first-order chi connectivity index (χ1) is 7.47. The van der Waals surface area contributed by atoms with Gasteiger partial charge in [0.15, 0.2) is 5.78 Å². The summed E-state index contributed by atoms with van der Waals surface area (Å²) < 4.78 is 10.7. The van der Waals surface area contributed by atoms with Crippen LogP contribution in [0.3, 0.4) is 0 Å². The number of para-hydroxylation sites is 1. The Morgan fingerprint density at radius 2 is 1.75 bits per heavy atom. The van der Waals surface area contributed by atoms with Crippen LogP contribution in [0.15, 0.2) is 30.3 Å². The second-order valence-electron chi connectivity index (χ2n) is 4.54. The minimum absolute atomic E-state index is 0.0556. The number of carbonyl (C=O) groups excluding carboxylic acids is 1. The highest BCUT2D eigenvalue weighted by molar-refractivity contribution is 5.81. The maximum absolute atomic E-state index is 11.4. The molecule has 1 aromatic carbocycles. The fraction of sp³-hybridized carbons (Fsp3) is 0.462. The summed E-state index contributed by atoms with van der Waals surface area (Å²) >= 11 is 0. The van der Waals surface area contributed by atoms with Crippen LogP contribution in [0.5, 0.6) is 5.75 Å². The van der Waals surface area contributed by atoms with E-state index in [4.69, 9.17) is 9.47 Å². The lowest BCUT2D eigenvalue weighted by atomic mass is 10.2. The third-order valence-corrected chi connectivity index (χ3v) is 1.81. The van der Waals surface area contributed by atoms with Crippen molar-refractivity contribution in [1.82, 2.24) is 0 Å². The van der Waals surface area contributed by atoms with Crippen molar-refractivity contribution < 1.29 is 14.3 Å². The van der Waals surface area contributed by atoms with Crippen LogP contribution in [0.2, 0.25) is 0 Å². The number of carbonyl (C=O) groups is 1. The summed E-state index contributed by atoms with van der Waals surface area (Å²) in [5.74, 6) is 0.644. The van der Waals surface area contributed by atoms with E-state index in [2.05, 4.69) is 0 Å². The molecule has 1 aromatic rings. The Balaban J connectivity index is 2.26. The van der Waals surface area contributed by atoms with E-state index in [1.54, 1.807) is 0 Å². The third kappa shape index (κ3) is 5.51. The molecule has 0 fully saturated rings. The zero-order chi connectivity index (χ0) is 12.0. The first-order valence-corrected chi connectivity index (χ1v) is 5.31. The smallest absolute Gasteiger partial charge is 0.195 e. The zero-order valence-electron chi connectivity index (χ0n) is 10.0. The summed E-state index contributed by atoms with van der Waals surface area (Å²) in [5, 5.41) is 0. The Hall–Kier alpha value is -1.35. The van der Waals surface area contributed by atoms with Crippen LogP contribution in [0.1, 0.15) is 20.8 Å². The lowest BCUT2D eigenvalue weighted by Gasteiger charge is -2.18. The van der Waals surface area contributed by atoms with Crippen LogP contribution < -0.4 is 4.74 Å². The van der Waals surface area contributed by atoms with E-state index in [0.717, 1.165) is 0 Å². The normalized spacial score (nSPS) is 11.2. The summed E-state index contributed by atoms with van der Waals surface area (Å²) in [4.78, 5) is 11.4. The van der Waals surface area contributed by atoms with E-state index in [0.29, 0.717) is 5.75 Å². The van der Waals surface area contributed by atoms with Crippen molar-refractivity contribution in [2.45, 2.75) is 26.4 Å². The van der Waals surface area contributed by atoms with Crippen LogP contribution >= 0.6 is 0 Å². The van der Waals surface area contributed by atoms with Crippen molar-refractivity contribution in [3.8, 4) is 5.75 Å². The third-order valence-electron chi connectivity index (χ3n) is 1.81. The Morgan fingerprint density at radius 3 is 2.31 bits per heavy atom. The summed E-state index contributed by atoms with van der Waals surface area (Å²) in [6.45, 7) is 5.89. The van der Waals surface area contributed by atoms with E-state index < -0.39 is 0 Å². The van der Waals surface area contributed by atoms with Crippen LogP contribution in [-0.2, 0) is 9.53 Å². The molecule has 0 aliphatic heterocycles. The highest BCUT2D eigenvalue weighted by atomic mass is 16.5. The summed E-state index contributed by atoms with van der Waals surface area (Å²) in [6, 6.07) is 9.27. The second kappa shape index (κ2) is 5.66. The molecule has 0 aliphatic carbocycles. The van der Waals surface area contributed by atoms with Crippen molar-refractivity contribution in [3.63, 3.8) is 0 Å². The van der Waals surface area contributed by atoms with Gasteiger partial charge in [-0.15, -0.1) is 0 Å². The van der Waals surface area contributed by atoms with E-state index in [9.17, 15) is 4.79 Å². The number of hydrogen-bond acceptors (Lipinski definition) is 3. The molecule has 0 saturated heterocycles. The van der Waals surface area contributed by atoms with Crippen molar-refractivity contribution in [3.05, 3.63) is 30.3 Å². The number of ketones is 1. The number of benzene rings is 1. The van der Waals surface area contributed by atoms with Gasteiger partial charge in [0.05, 0.1) is 5.60 Å². The lowest BCUT2D eigenvalue weighted by molar-refractivity contribution is -0.130. The van der Waals surface area contributed by atoms with Gasteiger partial charge in [-0.2, -0.15) is 0 Å².